The summed E-state index contributed by atoms with van der Waals surface area (Å²) in [6, 6.07) is 42.6. The number of hydrogen-bond acceptors (Lipinski definition) is 1. The first-order valence-electron chi connectivity index (χ1n) is 18.3. The summed E-state index contributed by atoms with van der Waals surface area (Å²) in [5.41, 5.74) is 13.0. The second-order valence-corrected chi connectivity index (χ2v) is 14.1. The fraction of sp³-hybridized carbons (Fsp3) is 0.122. The molecule has 1 heterocycles. The number of para-hydroxylation sites is 2. The summed E-state index contributed by atoms with van der Waals surface area (Å²) in [4.78, 5) is 5.14. The van der Waals surface area contributed by atoms with E-state index in [4.69, 9.17) is 4.98 Å². The summed E-state index contributed by atoms with van der Waals surface area (Å²) in [5, 5.41) is 5.24. The van der Waals surface area contributed by atoms with Gasteiger partial charge >= 0.3 is 0 Å². The van der Waals surface area contributed by atoms with E-state index in [-0.39, 0.29) is 11.8 Å². The number of fused-ring (bicyclic) bond motifs is 4. The predicted molar refractivity (Wildman–Crippen MR) is 215 cm³/mol. The average Bonchev–Trinajstić information content (AvgIpc) is 3.60. The van der Waals surface area contributed by atoms with Gasteiger partial charge in [-0.3, -0.25) is 4.57 Å². The maximum absolute atomic E-state index is 5.14. The Morgan fingerprint density at radius 3 is 2.27 bits per heavy atom. The molecule has 6 aromatic carbocycles. The number of imidazole rings is 1. The van der Waals surface area contributed by atoms with Gasteiger partial charge < -0.3 is 0 Å². The quantitative estimate of drug-likeness (QED) is 0.181. The SMILES string of the molecule is C1=CCCC(c2c3c(c(-c4ccc5ccccc5c4)c4ccccc24)C=CC(c2ccc(-n4c(C5C=CC=CC5)nc5ccccc54)cc2)C3)=C1. The minimum Gasteiger partial charge on any atom is -0.296 e. The zero-order valence-electron chi connectivity index (χ0n) is 28.5. The van der Waals surface area contributed by atoms with E-state index >= 15 is 0 Å². The molecule has 0 saturated carbocycles. The standard InChI is InChI=1S/C49H38N2/c1-3-14-35(15-4-1)47-41-19-9-10-20-42(41)48(39-24-23-33-13-7-8-18-37(33)31-39)43-30-27-38(32-44(43)47)34-25-28-40(29-26-34)51-46-22-12-11-21-45(46)50-49(51)36-16-5-2-6-17-36/h1-3,5-14,16,18-31,36,38H,4,15,17,32H2. The first kappa shape index (κ1) is 29.9. The summed E-state index contributed by atoms with van der Waals surface area (Å²) in [5.74, 6) is 1.64. The Hall–Kier alpha value is -5.99. The van der Waals surface area contributed by atoms with Gasteiger partial charge in [0.25, 0.3) is 0 Å². The summed E-state index contributed by atoms with van der Waals surface area (Å²) in [7, 11) is 0. The van der Waals surface area contributed by atoms with E-state index in [1.165, 1.54) is 60.5 Å². The fourth-order valence-corrected chi connectivity index (χ4v) is 8.68. The molecule has 7 aromatic rings. The Morgan fingerprint density at radius 1 is 0.647 bits per heavy atom. The van der Waals surface area contributed by atoms with Crippen molar-refractivity contribution < 1.29 is 0 Å². The Morgan fingerprint density at radius 2 is 1.45 bits per heavy atom. The smallest absolute Gasteiger partial charge is 0.121 e. The van der Waals surface area contributed by atoms with E-state index < -0.39 is 0 Å². The Labute approximate surface area is 299 Å². The lowest BCUT2D eigenvalue weighted by atomic mass is 9.75. The third-order valence-electron chi connectivity index (χ3n) is 11.1. The molecule has 1 aromatic heterocycles. The van der Waals surface area contributed by atoms with Gasteiger partial charge in [-0.1, -0.05) is 140 Å². The van der Waals surface area contributed by atoms with Crippen LogP contribution in [0.3, 0.4) is 0 Å². The monoisotopic (exact) mass is 654 g/mol. The highest BCUT2D eigenvalue weighted by Gasteiger charge is 2.27. The number of rotatable bonds is 5. The molecule has 2 atom stereocenters. The van der Waals surface area contributed by atoms with Crippen LogP contribution < -0.4 is 0 Å². The highest BCUT2D eigenvalue weighted by molar-refractivity contribution is 6.09. The largest absolute Gasteiger partial charge is 0.296 e. The Kier molecular flexibility index (Phi) is 7.27. The molecule has 0 saturated heterocycles. The van der Waals surface area contributed by atoms with Crippen molar-refractivity contribution in [1.82, 2.24) is 9.55 Å². The fourth-order valence-electron chi connectivity index (χ4n) is 8.68. The van der Waals surface area contributed by atoms with Gasteiger partial charge in [-0.15, -0.1) is 0 Å². The Balaban J connectivity index is 1.10. The van der Waals surface area contributed by atoms with Crippen molar-refractivity contribution in [2.45, 2.75) is 37.5 Å². The normalized spacial score (nSPS) is 18.1. The molecule has 3 aliphatic carbocycles. The number of aromatic nitrogens is 2. The van der Waals surface area contributed by atoms with Gasteiger partial charge in [-0.2, -0.15) is 0 Å². The predicted octanol–water partition coefficient (Wildman–Crippen LogP) is 12.7. The van der Waals surface area contributed by atoms with Gasteiger partial charge in [0.1, 0.15) is 5.82 Å². The van der Waals surface area contributed by atoms with Crippen LogP contribution in [0.15, 0.2) is 164 Å². The van der Waals surface area contributed by atoms with Crippen LogP contribution in [-0.2, 0) is 6.42 Å². The second kappa shape index (κ2) is 12.4. The number of allylic oxidation sites excluding steroid dienone is 9. The molecule has 0 N–H and O–H groups in total. The molecular formula is C49H38N2. The Bertz CT molecular complexity index is 2640. The second-order valence-electron chi connectivity index (χ2n) is 14.1. The maximum atomic E-state index is 5.14. The van der Waals surface area contributed by atoms with Gasteiger partial charge in [-0.05, 0) is 117 Å². The van der Waals surface area contributed by atoms with Gasteiger partial charge in [0, 0.05) is 17.5 Å². The van der Waals surface area contributed by atoms with E-state index in [1.54, 1.807) is 0 Å². The van der Waals surface area contributed by atoms with E-state index in [0.29, 0.717) is 0 Å². The number of nitrogens with zero attached hydrogens (tertiary/aromatic N) is 2. The van der Waals surface area contributed by atoms with E-state index in [9.17, 15) is 0 Å². The van der Waals surface area contributed by atoms with E-state index in [0.717, 1.165) is 48.2 Å². The van der Waals surface area contributed by atoms with Crippen molar-refractivity contribution in [3.05, 3.63) is 192 Å². The third-order valence-corrected chi connectivity index (χ3v) is 11.1. The molecule has 244 valence electrons. The topological polar surface area (TPSA) is 17.8 Å². The molecule has 2 nitrogen and oxygen atoms in total. The molecule has 2 heteroatoms. The minimum atomic E-state index is 0.258. The van der Waals surface area contributed by atoms with Crippen LogP contribution in [0, 0.1) is 0 Å². The van der Waals surface area contributed by atoms with Crippen molar-refractivity contribution in [3.63, 3.8) is 0 Å². The molecule has 0 bridgehead atoms. The molecule has 2 unspecified atom stereocenters. The summed E-state index contributed by atoms with van der Waals surface area (Å²) in [6.45, 7) is 0. The maximum Gasteiger partial charge on any atom is 0.121 e. The third kappa shape index (κ3) is 5.13. The molecule has 0 radical (unpaired) electrons. The van der Waals surface area contributed by atoms with Gasteiger partial charge in [0.15, 0.2) is 0 Å². The summed E-state index contributed by atoms with van der Waals surface area (Å²) >= 11 is 0. The van der Waals surface area contributed by atoms with Crippen LogP contribution in [0.4, 0.5) is 0 Å². The van der Waals surface area contributed by atoms with Crippen molar-refractivity contribution in [1.29, 1.82) is 0 Å². The molecular weight excluding hydrogens is 617 g/mol. The van der Waals surface area contributed by atoms with Crippen LogP contribution in [0.25, 0.3) is 61.0 Å². The highest BCUT2D eigenvalue weighted by atomic mass is 15.1. The molecule has 0 amide bonds. The molecule has 10 rings (SSSR count). The summed E-state index contributed by atoms with van der Waals surface area (Å²) < 4.78 is 2.36. The first-order chi connectivity index (χ1) is 25.3. The van der Waals surface area contributed by atoms with Gasteiger partial charge in [-0.25, -0.2) is 4.98 Å². The number of benzene rings is 6. The van der Waals surface area contributed by atoms with Crippen molar-refractivity contribution in [3.8, 4) is 16.8 Å². The van der Waals surface area contributed by atoms with Gasteiger partial charge in [0.05, 0.1) is 11.0 Å². The highest BCUT2D eigenvalue weighted by Crippen LogP contribution is 2.46. The number of hydrogen-bond donors (Lipinski definition) is 0. The van der Waals surface area contributed by atoms with Crippen LogP contribution in [0.1, 0.15) is 59.2 Å². The van der Waals surface area contributed by atoms with E-state index in [2.05, 4.69) is 175 Å². The zero-order chi connectivity index (χ0) is 33.7. The van der Waals surface area contributed by atoms with Crippen molar-refractivity contribution in [2.75, 3.05) is 0 Å². The lowest BCUT2D eigenvalue weighted by Crippen LogP contribution is -2.11. The average molecular weight is 655 g/mol. The van der Waals surface area contributed by atoms with Crippen LogP contribution in [-0.4, -0.2) is 9.55 Å². The minimum absolute atomic E-state index is 0.258. The van der Waals surface area contributed by atoms with Gasteiger partial charge in [0.2, 0.25) is 0 Å². The molecule has 0 spiro atoms. The molecule has 3 aliphatic rings. The van der Waals surface area contributed by atoms with Crippen LogP contribution in [0.5, 0.6) is 0 Å². The first-order valence-corrected chi connectivity index (χ1v) is 18.3. The lowest BCUT2D eigenvalue weighted by molar-refractivity contribution is 0.758. The zero-order valence-corrected chi connectivity index (χ0v) is 28.5. The molecule has 51 heavy (non-hydrogen) atoms. The molecule has 0 fully saturated rings. The molecule has 0 aliphatic heterocycles. The van der Waals surface area contributed by atoms with Crippen LogP contribution >= 0.6 is 0 Å². The van der Waals surface area contributed by atoms with E-state index in [1.807, 2.05) is 0 Å². The van der Waals surface area contributed by atoms with Crippen molar-refractivity contribution in [2.24, 2.45) is 0 Å². The van der Waals surface area contributed by atoms with Crippen LogP contribution in [0.2, 0.25) is 0 Å². The summed E-state index contributed by atoms with van der Waals surface area (Å²) in [6.07, 6.45) is 24.7. The lowest BCUT2D eigenvalue weighted by Gasteiger charge is -2.29. The van der Waals surface area contributed by atoms with Crippen molar-refractivity contribution >= 4 is 44.2 Å².